The van der Waals surface area contributed by atoms with E-state index in [-0.39, 0.29) is 37.2 Å². The van der Waals surface area contributed by atoms with Crippen molar-refractivity contribution >= 4 is 29.7 Å². The van der Waals surface area contributed by atoms with Gasteiger partial charge in [0.1, 0.15) is 12.1 Å². The first-order chi connectivity index (χ1) is 21.1. The number of rotatable bonds is 19. The summed E-state index contributed by atoms with van der Waals surface area (Å²) in [5, 5.41) is 18.2. The smallest absolute Gasteiger partial charge is 0.326 e. The zero-order chi connectivity index (χ0) is 32.5. The highest BCUT2D eigenvalue weighted by Gasteiger charge is 2.39. The van der Waals surface area contributed by atoms with Crippen LogP contribution in [0, 0.1) is 0 Å². The Hall–Kier alpha value is -3.75. The fourth-order valence-electron chi connectivity index (χ4n) is 5.41. The molecule has 3 amide bonds. The summed E-state index contributed by atoms with van der Waals surface area (Å²) in [6, 6.07) is 6.42. The molecule has 14 nitrogen and oxygen atoms in total. The van der Waals surface area contributed by atoms with Crippen molar-refractivity contribution in [3.8, 4) is 0 Å². The molecule has 0 aliphatic carbocycles. The standard InChI is InChI=1S/C30H50N8O6/c1-34-23(18-20-10-4-3-5-11-20)27(40)37-21(12-6-7-15-31)28(41)38-17-9-14-25(44-2)24(38)19-26(39)36-22(29(42)43)13-8-16-35-30(32)33/h3-5,10-11,21-25,34H,6-9,12-19,31H2,1-2H3,(H,36,39)(H,37,40)(H,42,43)(H4,32,33,35)/t21-,22-,23-,24-,25-/m0/s1. The number of ether oxygens (including phenoxy) is 1. The van der Waals surface area contributed by atoms with Crippen LogP contribution in [-0.4, -0.2) is 104 Å². The number of carbonyl (C=O) groups is 4. The highest BCUT2D eigenvalue weighted by atomic mass is 16.5. The molecule has 0 saturated carbocycles. The molecular formula is C30H50N8O6. The molecule has 1 aromatic rings. The molecule has 0 bridgehead atoms. The first-order valence-electron chi connectivity index (χ1n) is 15.2. The molecule has 2 rings (SSSR count). The number of amides is 3. The summed E-state index contributed by atoms with van der Waals surface area (Å²) in [7, 11) is 3.22. The second kappa shape index (κ2) is 19.5. The van der Waals surface area contributed by atoms with E-state index in [4.69, 9.17) is 21.9 Å². The molecule has 5 atom stereocenters. The van der Waals surface area contributed by atoms with Gasteiger partial charge in [-0.25, -0.2) is 4.79 Å². The van der Waals surface area contributed by atoms with Crippen LogP contribution in [0.15, 0.2) is 35.3 Å². The molecular weight excluding hydrogens is 568 g/mol. The quantitative estimate of drug-likeness (QED) is 0.0594. The van der Waals surface area contributed by atoms with Crippen molar-refractivity contribution in [2.75, 3.05) is 33.8 Å². The summed E-state index contributed by atoms with van der Waals surface area (Å²) in [6.45, 7) is 1.06. The van der Waals surface area contributed by atoms with E-state index in [0.717, 1.165) is 5.56 Å². The number of methoxy groups -OCH3 is 1. The fourth-order valence-corrected chi connectivity index (χ4v) is 5.41. The Morgan fingerprint density at radius 3 is 2.36 bits per heavy atom. The number of carboxylic acid groups (broad SMARTS) is 1. The van der Waals surface area contributed by atoms with Gasteiger partial charge in [-0.1, -0.05) is 30.3 Å². The number of carboxylic acids is 1. The van der Waals surface area contributed by atoms with E-state index < -0.39 is 42.1 Å². The van der Waals surface area contributed by atoms with Gasteiger partial charge in [0.25, 0.3) is 0 Å². The molecule has 0 aromatic heterocycles. The molecule has 1 heterocycles. The predicted molar refractivity (Wildman–Crippen MR) is 167 cm³/mol. The van der Waals surface area contributed by atoms with Crippen LogP contribution in [0.25, 0.3) is 0 Å². The van der Waals surface area contributed by atoms with Crippen molar-refractivity contribution in [3.05, 3.63) is 35.9 Å². The summed E-state index contributed by atoms with van der Waals surface area (Å²) >= 11 is 0. The van der Waals surface area contributed by atoms with Crippen molar-refractivity contribution in [2.24, 2.45) is 22.2 Å². The first kappa shape index (κ1) is 36.4. The van der Waals surface area contributed by atoms with Gasteiger partial charge >= 0.3 is 5.97 Å². The summed E-state index contributed by atoms with van der Waals surface area (Å²) in [5.41, 5.74) is 17.3. The number of nitrogens with one attached hydrogen (secondary N) is 3. The average Bonchev–Trinajstić information content (AvgIpc) is 3.00. The molecule has 44 heavy (non-hydrogen) atoms. The van der Waals surface area contributed by atoms with Crippen molar-refractivity contribution in [1.29, 1.82) is 0 Å². The fraction of sp³-hybridized carbons (Fsp3) is 0.633. The average molecular weight is 619 g/mol. The van der Waals surface area contributed by atoms with Crippen LogP contribution in [-0.2, 0) is 30.3 Å². The molecule has 1 fully saturated rings. The maximum Gasteiger partial charge on any atom is 0.326 e. The first-order valence-corrected chi connectivity index (χ1v) is 15.2. The Labute approximate surface area is 259 Å². The number of likely N-dealkylation sites (N-methyl/N-ethyl adjacent to an activating group) is 1. The van der Waals surface area contributed by atoms with Gasteiger partial charge in [-0.05, 0) is 70.5 Å². The SMILES string of the molecule is CN[C@@H](Cc1ccccc1)C(=O)N[C@@H](CCCCN)C(=O)N1CCC[C@H](OC)[C@@H]1CC(=O)N[C@@H](CCCN=C(N)N)C(=O)O. The number of guanidine groups is 1. The molecule has 14 heteroatoms. The monoisotopic (exact) mass is 618 g/mol. The van der Waals surface area contributed by atoms with Crippen LogP contribution in [0.5, 0.6) is 0 Å². The normalized spacial score (nSPS) is 18.5. The molecule has 1 aliphatic heterocycles. The molecule has 0 radical (unpaired) electrons. The Morgan fingerprint density at radius 1 is 1.05 bits per heavy atom. The minimum absolute atomic E-state index is 0.0937. The predicted octanol–water partition coefficient (Wildman–Crippen LogP) is -0.550. The Kier molecular flexibility index (Phi) is 16.2. The van der Waals surface area contributed by atoms with Gasteiger partial charge in [-0.15, -0.1) is 0 Å². The summed E-state index contributed by atoms with van der Waals surface area (Å²) < 4.78 is 5.68. The van der Waals surface area contributed by atoms with Crippen LogP contribution in [0.4, 0.5) is 0 Å². The number of nitrogens with two attached hydrogens (primary N) is 3. The zero-order valence-electron chi connectivity index (χ0n) is 25.9. The maximum absolute atomic E-state index is 14.1. The van der Waals surface area contributed by atoms with Gasteiger partial charge in [-0.3, -0.25) is 19.4 Å². The second-order valence-corrected chi connectivity index (χ2v) is 11.0. The number of hydrogen-bond acceptors (Lipinski definition) is 8. The zero-order valence-corrected chi connectivity index (χ0v) is 25.9. The number of aliphatic imine (C=N–C) groups is 1. The minimum Gasteiger partial charge on any atom is -0.480 e. The third kappa shape index (κ3) is 12.1. The van der Waals surface area contributed by atoms with E-state index in [0.29, 0.717) is 58.0 Å². The molecule has 1 saturated heterocycles. The largest absolute Gasteiger partial charge is 0.480 e. The lowest BCUT2D eigenvalue weighted by Crippen LogP contribution is -2.60. The van der Waals surface area contributed by atoms with E-state index in [9.17, 15) is 24.3 Å². The molecule has 1 aliphatic rings. The Morgan fingerprint density at radius 2 is 1.75 bits per heavy atom. The van der Waals surface area contributed by atoms with Crippen molar-refractivity contribution in [3.63, 3.8) is 0 Å². The molecule has 1 aromatic carbocycles. The molecule has 0 spiro atoms. The number of nitrogens with zero attached hydrogens (tertiary/aromatic N) is 2. The van der Waals surface area contributed by atoms with Crippen molar-refractivity contribution < 1.29 is 29.0 Å². The lowest BCUT2D eigenvalue weighted by atomic mass is 9.93. The highest BCUT2D eigenvalue weighted by Crippen LogP contribution is 2.25. The molecule has 10 N–H and O–H groups in total. The number of hydrogen-bond donors (Lipinski definition) is 7. The number of benzene rings is 1. The summed E-state index contributed by atoms with van der Waals surface area (Å²) in [5.74, 6) is -2.41. The van der Waals surface area contributed by atoms with E-state index in [1.807, 2.05) is 30.3 Å². The van der Waals surface area contributed by atoms with Crippen LogP contribution < -0.4 is 33.2 Å². The molecule has 246 valence electrons. The van der Waals surface area contributed by atoms with Gasteiger partial charge in [0, 0.05) is 26.6 Å². The van der Waals surface area contributed by atoms with Crippen molar-refractivity contribution in [2.45, 2.75) is 88.1 Å². The molecule has 0 unspecified atom stereocenters. The van der Waals surface area contributed by atoms with Crippen LogP contribution in [0.1, 0.15) is 56.9 Å². The number of unbranched alkanes of at least 4 members (excludes halogenated alkanes) is 1. The third-order valence-electron chi connectivity index (χ3n) is 7.79. The van der Waals surface area contributed by atoms with Gasteiger partial charge in [0.15, 0.2) is 5.96 Å². The number of carbonyl (C=O) groups excluding carboxylic acids is 3. The Balaban J connectivity index is 2.19. The van der Waals surface area contributed by atoms with Crippen molar-refractivity contribution in [1.82, 2.24) is 20.9 Å². The van der Waals surface area contributed by atoms with Gasteiger partial charge in [-0.2, -0.15) is 0 Å². The number of likely N-dealkylation sites (tertiary alicyclic amines) is 1. The van der Waals surface area contributed by atoms with Crippen LogP contribution >= 0.6 is 0 Å². The second-order valence-electron chi connectivity index (χ2n) is 11.0. The van der Waals surface area contributed by atoms with Gasteiger partial charge < -0.3 is 47.9 Å². The summed E-state index contributed by atoms with van der Waals surface area (Å²) in [6.07, 6.45) is 3.31. The summed E-state index contributed by atoms with van der Waals surface area (Å²) in [4.78, 5) is 57.8. The van der Waals surface area contributed by atoms with E-state index in [2.05, 4.69) is 20.9 Å². The number of aliphatic carboxylic acids is 1. The van der Waals surface area contributed by atoms with E-state index >= 15 is 0 Å². The number of piperidine rings is 1. The van der Waals surface area contributed by atoms with Gasteiger partial charge in [0.05, 0.1) is 18.2 Å². The van der Waals surface area contributed by atoms with E-state index in [1.165, 1.54) is 7.11 Å². The third-order valence-corrected chi connectivity index (χ3v) is 7.79. The highest BCUT2D eigenvalue weighted by molar-refractivity contribution is 5.91. The van der Waals surface area contributed by atoms with Gasteiger partial charge in [0.2, 0.25) is 17.7 Å². The topological polar surface area (TPSA) is 227 Å². The lowest BCUT2D eigenvalue weighted by molar-refractivity contribution is -0.147. The minimum atomic E-state index is -1.18. The van der Waals surface area contributed by atoms with Crippen LogP contribution in [0.3, 0.4) is 0 Å². The van der Waals surface area contributed by atoms with E-state index in [1.54, 1.807) is 11.9 Å². The Bertz CT molecular complexity index is 1080. The van der Waals surface area contributed by atoms with Crippen LogP contribution in [0.2, 0.25) is 0 Å². The lowest BCUT2D eigenvalue weighted by Gasteiger charge is -2.42. The maximum atomic E-state index is 14.1.